The van der Waals surface area contributed by atoms with Crippen LogP contribution in [0, 0.1) is 0 Å². The molecule has 2 unspecified atom stereocenters. The van der Waals surface area contributed by atoms with Crippen molar-refractivity contribution in [3.05, 3.63) is 85.0 Å². The van der Waals surface area contributed by atoms with E-state index < -0.39 is 24.1 Å². The summed E-state index contributed by atoms with van der Waals surface area (Å²) in [6.45, 7) is 14.1. The summed E-state index contributed by atoms with van der Waals surface area (Å²) in [6, 6.07) is 18.6. The zero-order valence-corrected chi connectivity index (χ0v) is 21.6. The van der Waals surface area contributed by atoms with Crippen LogP contribution < -0.4 is 14.2 Å². The first kappa shape index (κ1) is 27.3. The van der Waals surface area contributed by atoms with Crippen LogP contribution >= 0.6 is 0 Å². The summed E-state index contributed by atoms with van der Waals surface area (Å²) < 4.78 is 29.1. The normalized spacial score (nSPS) is 12.2. The third kappa shape index (κ3) is 7.61. The van der Waals surface area contributed by atoms with Gasteiger partial charge in [-0.05, 0) is 39.8 Å². The SMILES string of the molecule is C=C(C)C(=O)OC(C)COc1cc(Oc2ccccc2)c(OCC(C)OC(=O)C(=C)C)c2ccccc12. The van der Waals surface area contributed by atoms with Gasteiger partial charge < -0.3 is 23.7 Å². The van der Waals surface area contributed by atoms with Crippen LogP contribution in [0.4, 0.5) is 0 Å². The van der Waals surface area contributed by atoms with Crippen LogP contribution in [0.5, 0.6) is 23.0 Å². The highest BCUT2D eigenvalue weighted by atomic mass is 16.6. The minimum Gasteiger partial charge on any atom is -0.489 e. The molecule has 3 rings (SSSR count). The molecule has 3 aromatic carbocycles. The molecule has 2 atom stereocenters. The zero-order chi connectivity index (χ0) is 26.9. The van der Waals surface area contributed by atoms with Crippen LogP contribution in [-0.2, 0) is 19.1 Å². The molecule has 37 heavy (non-hydrogen) atoms. The minimum absolute atomic E-state index is 0.0995. The van der Waals surface area contributed by atoms with E-state index in [2.05, 4.69) is 13.2 Å². The number of esters is 2. The molecule has 7 nitrogen and oxygen atoms in total. The fourth-order valence-electron chi connectivity index (χ4n) is 3.29. The second-order valence-corrected chi connectivity index (χ2v) is 8.78. The average Bonchev–Trinajstić information content (AvgIpc) is 2.87. The van der Waals surface area contributed by atoms with Crippen molar-refractivity contribution < 1.29 is 33.3 Å². The number of ether oxygens (including phenoxy) is 5. The van der Waals surface area contributed by atoms with Gasteiger partial charge in [-0.25, -0.2) is 9.59 Å². The number of fused-ring (bicyclic) bond motifs is 1. The van der Waals surface area contributed by atoms with Crippen molar-refractivity contribution in [1.29, 1.82) is 0 Å². The van der Waals surface area contributed by atoms with Crippen molar-refractivity contribution in [1.82, 2.24) is 0 Å². The molecule has 0 heterocycles. The van der Waals surface area contributed by atoms with E-state index in [9.17, 15) is 9.59 Å². The molecule has 0 saturated carbocycles. The van der Waals surface area contributed by atoms with E-state index in [4.69, 9.17) is 23.7 Å². The number of hydrogen-bond donors (Lipinski definition) is 0. The summed E-state index contributed by atoms with van der Waals surface area (Å²) in [5.74, 6) is 1.09. The lowest BCUT2D eigenvalue weighted by atomic mass is 10.1. The number of rotatable bonds is 12. The molecule has 0 spiro atoms. The van der Waals surface area contributed by atoms with Crippen molar-refractivity contribution in [2.45, 2.75) is 39.9 Å². The Labute approximate surface area is 217 Å². The maximum atomic E-state index is 11.9. The van der Waals surface area contributed by atoms with Gasteiger partial charge in [0.05, 0.1) is 0 Å². The number of para-hydroxylation sites is 1. The second kappa shape index (κ2) is 12.6. The van der Waals surface area contributed by atoms with Gasteiger partial charge in [0.15, 0.2) is 11.5 Å². The topological polar surface area (TPSA) is 80.3 Å². The first-order valence-electron chi connectivity index (χ1n) is 11.9. The number of hydrogen-bond acceptors (Lipinski definition) is 7. The van der Waals surface area contributed by atoms with Crippen molar-refractivity contribution >= 4 is 22.7 Å². The highest BCUT2D eigenvalue weighted by Gasteiger charge is 2.20. The summed E-state index contributed by atoms with van der Waals surface area (Å²) in [4.78, 5) is 23.8. The van der Waals surface area contributed by atoms with Gasteiger partial charge in [-0.1, -0.05) is 55.6 Å². The molecular weight excluding hydrogens is 472 g/mol. The standard InChI is InChI=1S/C30H32O7/c1-19(2)29(31)35-21(5)17-33-26-16-27(37-23-12-8-7-9-13-23)28(25-15-11-10-14-24(25)26)34-18-22(6)36-30(32)20(3)4/h7-16,21-22H,1,3,17-18H2,2,4-6H3. The quantitative estimate of drug-likeness (QED) is 0.208. The fourth-order valence-corrected chi connectivity index (χ4v) is 3.29. The van der Waals surface area contributed by atoms with Gasteiger partial charge in [0.2, 0.25) is 0 Å². The van der Waals surface area contributed by atoms with Gasteiger partial charge in [-0.2, -0.15) is 0 Å². The summed E-state index contributed by atoms with van der Waals surface area (Å²) >= 11 is 0. The van der Waals surface area contributed by atoms with Gasteiger partial charge in [-0.15, -0.1) is 0 Å². The molecule has 0 saturated heterocycles. The smallest absolute Gasteiger partial charge is 0.333 e. The highest BCUT2D eigenvalue weighted by molar-refractivity contribution is 5.95. The molecule has 0 radical (unpaired) electrons. The van der Waals surface area contributed by atoms with Gasteiger partial charge in [-0.3, -0.25) is 0 Å². The molecule has 0 aromatic heterocycles. The summed E-state index contributed by atoms with van der Waals surface area (Å²) in [7, 11) is 0. The largest absolute Gasteiger partial charge is 0.489 e. The Hall–Kier alpha value is -4.26. The van der Waals surface area contributed by atoms with Crippen LogP contribution in [0.1, 0.15) is 27.7 Å². The second-order valence-electron chi connectivity index (χ2n) is 8.78. The molecule has 7 heteroatoms. The van der Waals surface area contributed by atoms with Crippen LogP contribution in [0.15, 0.2) is 85.0 Å². The lowest BCUT2D eigenvalue weighted by Gasteiger charge is -2.21. The Morgan fingerprint density at radius 1 is 0.730 bits per heavy atom. The van der Waals surface area contributed by atoms with E-state index in [1.54, 1.807) is 33.8 Å². The highest BCUT2D eigenvalue weighted by Crippen LogP contribution is 2.43. The zero-order valence-electron chi connectivity index (χ0n) is 21.6. The van der Waals surface area contributed by atoms with Crippen molar-refractivity contribution in [3.63, 3.8) is 0 Å². The number of carbonyl (C=O) groups excluding carboxylic acids is 2. The molecule has 0 bridgehead atoms. The van der Waals surface area contributed by atoms with E-state index in [-0.39, 0.29) is 13.2 Å². The molecule has 0 aliphatic rings. The van der Waals surface area contributed by atoms with E-state index in [0.717, 1.165) is 10.8 Å². The van der Waals surface area contributed by atoms with E-state index in [0.29, 0.717) is 34.1 Å². The van der Waals surface area contributed by atoms with E-state index >= 15 is 0 Å². The van der Waals surface area contributed by atoms with Crippen molar-refractivity contribution in [3.8, 4) is 23.0 Å². The predicted octanol–water partition coefficient (Wildman–Crippen LogP) is 6.41. The number of benzene rings is 3. The van der Waals surface area contributed by atoms with E-state index in [1.165, 1.54) is 0 Å². The third-order valence-electron chi connectivity index (χ3n) is 5.14. The predicted molar refractivity (Wildman–Crippen MR) is 142 cm³/mol. The summed E-state index contributed by atoms with van der Waals surface area (Å²) in [5, 5.41) is 1.53. The van der Waals surface area contributed by atoms with Crippen LogP contribution in [0.25, 0.3) is 10.8 Å². The Kier molecular flexibility index (Phi) is 9.33. The molecule has 0 fully saturated rings. The molecule has 194 valence electrons. The van der Waals surface area contributed by atoms with Crippen LogP contribution in [0.2, 0.25) is 0 Å². The Balaban J connectivity index is 1.93. The van der Waals surface area contributed by atoms with Gasteiger partial charge in [0.1, 0.15) is 36.9 Å². The van der Waals surface area contributed by atoms with Crippen LogP contribution in [-0.4, -0.2) is 37.4 Å². The van der Waals surface area contributed by atoms with Crippen molar-refractivity contribution in [2.75, 3.05) is 13.2 Å². The lowest BCUT2D eigenvalue weighted by Crippen LogP contribution is -2.23. The Bertz CT molecular complexity index is 1280. The first-order valence-corrected chi connectivity index (χ1v) is 11.9. The van der Waals surface area contributed by atoms with Gasteiger partial charge >= 0.3 is 11.9 Å². The van der Waals surface area contributed by atoms with E-state index in [1.807, 2.05) is 54.6 Å². The number of carbonyl (C=O) groups is 2. The fraction of sp³-hybridized carbons (Fsp3) is 0.267. The molecule has 3 aromatic rings. The average molecular weight is 505 g/mol. The Morgan fingerprint density at radius 3 is 1.81 bits per heavy atom. The first-order chi connectivity index (χ1) is 17.7. The van der Waals surface area contributed by atoms with Crippen molar-refractivity contribution in [2.24, 2.45) is 0 Å². The molecule has 0 aliphatic heterocycles. The maximum absolute atomic E-state index is 11.9. The van der Waals surface area contributed by atoms with Gasteiger partial charge in [0.25, 0.3) is 0 Å². The third-order valence-corrected chi connectivity index (χ3v) is 5.14. The maximum Gasteiger partial charge on any atom is 0.333 e. The van der Waals surface area contributed by atoms with Crippen LogP contribution in [0.3, 0.4) is 0 Å². The summed E-state index contributed by atoms with van der Waals surface area (Å²) in [6.07, 6.45) is -1.02. The Morgan fingerprint density at radius 2 is 1.24 bits per heavy atom. The molecule has 0 aliphatic carbocycles. The summed E-state index contributed by atoms with van der Waals surface area (Å²) in [5.41, 5.74) is 0.635. The molecule has 0 amide bonds. The monoisotopic (exact) mass is 504 g/mol. The van der Waals surface area contributed by atoms with Gasteiger partial charge in [0, 0.05) is 28.0 Å². The molecular formula is C30H32O7. The minimum atomic E-state index is -0.521. The molecule has 0 N–H and O–H groups in total. The lowest BCUT2D eigenvalue weighted by molar-refractivity contribution is -0.145.